The number of rotatable bonds is 6. The second-order valence-corrected chi connectivity index (χ2v) is 4.87. The number of halogens is 1. The standard InChI is InChI=1S/C14H15FN2O5/c1-14(18,12-4-3-5-22-12)8-16-11-7-9(21-2)6-10(15)13(11)17(19)20/h3-7,16,18H,8H2,1-2H3. The number of hydrogen-bond acceptors (Lipinski definition) is 6. The first-order valence-electron chi connectivity index (χ1n) is 6.37. The normalized spacial score (nSPS) is 13.5. The van der Waals surface area contributed by atoms with Crippen LogP contribution in [0.15, 0.2) is 34.9 Å². The van der Waals surface area contributed by atoms with Gasteiger partial charge in [0.2, 0.25) is 5.82 Å². The molecule has 0 spiro atoms. The van der Waals surface area contributed by atoms with Gasteiger partial charge in [0.25, 0.3) is 0 Å². The third kappa shape index (κ3) is 3.17. The fraction of sp³-hybridized carbons (Fsp3) is 0.286. The third-order valence-corrected chi connectivity index (χ3v) is 3.13. The highest BCUT2D eigenvalue weighted by atomic mass is 19.1. The van der Waals surface area contributed by atoms with Crippen molar-refractivity contribution in [2.24, 2.45) is 0 Å². The minimum Gasteiger partial charge on any atom is -0.497 e. The maximum Gasteiger partial charge on any atom is 0.327 e. The van der Waals surface area contributed by atoms with E-state index < -0.39 is 22.0 Å². The molecule has 1 aromatic carbocycles. The van der Waals surface area contributed by atoms with Crippen LogP contribution < -0.4 is 10.1 Å². The average molecular weight is 310 g/mol. The third-order valence-electron chi connectivity index (χ3n) is 3.13. The van der Waals surface area contributed by atoms with Crippen LogP contribution in [-0.2, 0) is 5.60 Å². The number of methoxy groups -OCH3 is 1. The topological polar surface area (TPSA) is 97.8 Å². The molecule has 0 fully saturated rings. The molecule has 2 rings (SSSR count). The quantitative estimate of drug-likeness (QED) is 0.629. The number of nitrogens with one attached hydrogen (secondary N) is 1. The molecular weight excluding hydrogens is 295 g/mol. The number of nitro benzene ring substituents is 1. The van der Waals surface area contributed by atoms with Gasteiger partial charge in [-0.05, 0) is 19.1 Å². The Kier molecular flexibility index (Phi) is 4.32. The highest BCUT2D eigenvalue weighted by molar-refractivity contribution is 5.65. The molecule has 1 atom stereocenters. The maximum atomic E-state index is 13.8. The van der Waals surface area contributed by atoms with E-state index in [9.17, 15) is 19.6 Å². The number of benzene rings is 1. The van der Waals surface area contributed by atoms with Crippen molar-refractivity contribution in [3.8, 4) is 5.75 Å². The van der Waals surface area contributed by atoms with Crippen LogP contribution in [0.3, 0.4) is 0 Å². The highest BCUT2D eigenvalue weighted by Crippen LogP contribution is 2.33. The summed E-state index contributed by atoms with van der Waals surface area (Å²) in [6.07, 6.45) is 1.40. The van der Waals surface area contributed by atoms with E-state index in [2.05, 4.69) is 5.32 Å². The molecule has 7 nitrogen and oxygen atoms in total. The first-order chi connectivity index (χ1) is 10.3. The lowest BCUT2D eigenvalue weighted by molar-refractivity contribution is -0.386. The van der Waals surface area contributed by atoms with Gasteiger partial charge in [-0.15, -0.1) is 0 Å². The van der Waals surface area contributed by atoms with Crippen LogP contribution in [0.25, 0.3) is 0 Å². The molecule has 22 heavy (non-hydrogen) atoms. The molecular formula is C14H15FN2O5. The Morgan fingerprint density at radius 3 is 2.82 bits per heavy atom. The van der Waals surface area contributed by atoms with Gasteiger partial charge in [0.05, 0.1) is 24.8 Å². The summed E-state index contributed by atoms with van der Waals surface area (Å²) in [6.45, 7) is 1.36. The molecule has 2 N–H and O–H groups in total. The summed E-state index contributed by atoms with van der Waals surface area (Å²) in [6, 6.07) is 5.40. The fourth-order valence-corrected chi connectivity index (χ4v) is 1.95. The van der Waals surface area contributed by atoms with E-state index in [4.69, 9.17) is 9.15 Å². The average Bonchev–Trinajstić information content (AvgIpc) is 2.99. The van der Waals surface area contributed by atoms with Gasteiger partial charge in [0.1, 0.15) is 22.8 Å². The van der Waals surface area contributed by atoms with E-state index >= 15 is 0 Å². The lowest BCUT2D eigenvalue weighted by atomic mass is 10.0. The molecule has 0 aliphatic carbocycles. The number of nitrogens with zero attached hydrogens (tertiary/aromatic N) is 1. The maximum absolute atomic E-state index is 13.8. The van der Waals surface area contributed by atoms with Crippen LogP contribution in [0.4, 0.5) is 15.8 Å². The first kappa shape index (κ1) is 15.8. The molecule has 0 radical (unpaired) electrons. The van der Waals surface area contributed by atoms with Crippen molar-refractivity contribution < 1.29 is 23.6 Å². The van der Waals surface area contributed by atoms with Crippen molar-refractivity contribution in [3.05, 3.63) is 52.2 Å². The molecule has 0 amide bonds. The lowest BCUT2D eigenvalue weighted by Gasteiger charge is -2.22. The molecule has 0 saturated heterocycles. The van der Waals surface area contributed by atoms with Gasteiger partial charge in [0.15, 0.2) is 0 Å². The minimum atomic E-state index is -1.42. The Hall–Kier alpha value is -2.61. The van der Waals surface area contributed by atoms with E-state index in [1.807, 2.05) is 0 Å². The molecule has 1 heterocycles. The molecule has 1 unspecified atom stereocenters. The van der Waals surface area contributed by atoms with Crippen LogP contribution in [0.1, 0.15) is 12.7 Å². The zero-order valence-corrected chi connectivity index (χ0v) is 12.0. The zero-order valence-electron chi connectivity index (χ0n) is 12.0. The summed E-state index contributed by atoms with van der Waals surface area (Å²) >= 11 is 0. The highest BCUT2D eigenvalue weighted by Gasteiger charge is 2.29. The number of hydrogen-bond donors (Lipinski definition) is 2. The van der Waals surface area contributed by atoms with Crippen LogP contribution >= 0.6 is 0 Å². The molecule has 8 heteroatoms. The van der Waals surface area contributed by atoms with Crippen LogP contribution in [0, 0.1) is 15.9 Å². The number of ether oxygens (including phenoxy) is 1. The van der Waals surface area contributed by atoms with Gasteiger partial charge in [-0.2, -0.15) is 4.39 Å². The Bertz CT molecular complexity index is 670. The van der Waals surface area contributed by atoms with Crippen molar-refractivity contribution >= 4 is 11.4 Å². The van der Waals surface area contributed by atoms with Crippen molar-refractivity contribution in [3.63, 3.8) is 0 Å². The van der Waals surface area contributed by atoms with Gasteiger partial charge in [0, 0.05) is 12.1 Å². The van der Waals surface area contributed by atoms with Crippen molar-refractivity contribution in [1.29, 1.82) is 0 Å². The largest absolute Gasteiger partial charge is 0.497 e. The lowest BCUT2D eigenvalue weighted by Crippen LogP contribution is -2.30. The Morgan fingerprint density at radius 2 is 2.27 bits per heavy atom. The van der Waals surface area contributed by atoms with Gasteiger partial charge in [-0.1, -0.05) is 0 Å². The summed E-state index contributed by atoms with van der Waals surface area (Å²) in [4.78, 5) is 10.2. The van der Waals surface area contributed by atoms with E-state index in [-0.39, 0.29) is 23.7 Å². The fourth-order valence-electron chi connectivity index (χ4n) is 1.95. The van der Waals surface area contributed by atoms with Gasteiger partial charge in [-0.25, -0.2) is 0 Å². The van der Waals surface area contributed by atoms with E-state index in [1.54, 1.807) is 12.1 Å². The summed E-state index contributed by atoms with van der Waals surface area (Å²) in [5.41, 5.74) is -2.22. The summed E-state index contributed by atoms with van der Waals surface area (Å²) < 4.78 is 23.8. The molecule has 0 bridgehead atoms. The van der Waals surface area contributed by atoms with E-state index in [1.165, 1.54) is 26.4 Å². The molecule has 0 aliphatic heterocycles. The number of furan rings is 1. The Labute approximate surface area is 125 Å². The molecule has 2 aromatic rings. The Balaban J connectivity index is 2.29. The van der Waals surface area contributed by atoms with E-state index in [0.717, 1.165) is 6.07 Å². The molecule has 0 saturated carbocycles. The number of aliphatic hydroxyl groups is 1. The van der Waals surface area contributed by atoms with Crippen molar-refractivity contribution in [2.45, 2.75) is 12.5 Å². The second-order valence-electron chi connectivity index (χ2n) is 4.87. The van der Waals surface area contributed by atoms with Crippen molar-refractivity contribution in [2.75, 3.05) is 19.0 Å². The van der Waals surface area contributed by atoms with Crippen LogP contribution in [0.2, 0.25) is 0 Å². The predicted molar refractivity (Wildman–Crippen MR) is 76.4 cm³/mol. The molecule has 0 aliphatic rings. The summed E-state index contributed by atoms with van der Waals surface area (Å²) in [7, 11) is 1.32. The monoisotopic (exact) mass is 310 g/mol. The smallest absolute Gasteiger partial charge is 0.327 e. The minimum absolute atomic E-state index is 0.0892. The number of anilines is 1. The van der Waals surface area contributed by atoms with Gasteiger partial charge >= 0.3 is 5.69 Å². The number of nitro groups is 1. The molecule has 1 aromatic heterocycles. The Morgan fingerprint density at radius 1 is 1.55 bits per heavy atom. The van der Waals surface area contributed by atoms with Crippen LogP contribution in [0.5, 0.6) is 5.75 Å². The second kappa shape index (κ2) is 6.02. The summed E-state index contributed by atoms with van der Waals surface area (Å²) in [5, 5.41) is 24.0. The van der Waals surface area contributed by atoms with E-state index in [0.29, 0.717) is 0 Å². The SMILES string of the molecule is COc1cc(F)c([N+](=O)[O-])c(NCC(C)(O)c2ccco2)c1. The zero-order chi connectivity index (χ0) is 16.3. The predicted octanol–water partition coefficient (Wildman–Crippen LogP) is 2.66. The van der Waals surface area contributed by atoms with Crippen molar-refractivity contribution in [1.82, 2.24) is 0 Å². The first-order valence-corrected chi connectivity index (χ1v) is 6.37. The van der Waals surface area contributed by atoms with Gasteiger partial charge < -0.3 is 19.6 Å². The molecule has 118 valence electrons. The van der Waals surface area contributed by atoms with Crippen LogP contribution in [-0.4, -0.2) is 23.7 Å². The summed E-state index contributed by atoms with van der Waals surface area (Å²) in [5.74, 6) is -0.612. The van der Waals surface area contributed by atoms with Gasteiger partial charge in [-0.3, -0.25) is 10.1 Å².